The zero-order chi connectivity index (χ0) is 20.7. The van der Waals surface area contributed by atoms with E-state index >= 15 is 0 Å². The zero-order valence-corrected chi connectivity index (χ0v) is 16.1. The number of aliphatic imine (C=N–C) groups is 2. The summed E-state index contributed by atoms with van der Waals surface area (Å²) in [4.78, 5) is 24.5. The van der Waals surface area contributed by atoms with Crippen molar-refractivity contribution in [2.75, 3.05) is 20.7 Å². The smallest absolute Gasteiger partial charge is 0.330 e. The Kier molecular flexibility index (Phi) is 4.65. The molecule has 1 fully saturated rings. The fraction of sp³-hybridized carbons (Fsp3) is 0.250. The summed E-state index contributed by atoms with van der Waals surface area (Å²) in [6.45, 7) is 1.96. The summed E-state index contributed by atoms with van der Waals surface area (Å²) in [6, 6.07) is 8.51. The maximum Gasteiger partial charge on any atom is 0.330 e. The van der Waals surface area contributed by atoms with E-state index in [1.807, 2.05) is 0 Å². The molecule has 0 spiro atoms. The standard InChI is InChI=1S/C20H19F2N5O2/c1-11-14(8-9-16(29-3)17(11)22)24-18-25-20(28)26(2)19-23-10-15(27(18)19)12-4-6-13(21)7-5-12/h4-9,15H,10H2,1-3H3,(H,24,25,28). The van der Waals surface area contributed by atoms with Crippen LogP contribution in [0.1, 0.15) is 17.2 Å². The summed E-state index contributed by atoms with van der Waals surface area (Å²) < 4.78 is 32.8. The lowest BCUT2D eigenvalue weighted by atomic mass is 10.1. The van der Waals surface area contributed by atoms with Crippen molar-refractivity contribution >= 4 is 23.6 Å². The predicted octanol–water partition coefficient (Wildman–Crippen LogP) is 3.34. The zero-order valence-electron chi connectivity index (χ0n) is 16.1. The van der Waals surface area contributed by atoms with E-state index < -0.39 is 11.8 Å². The molecule has 2 amide bonds. The Morgan fingerprint density at radius 2 is 1.93 bits per heavy atom. The monoisotopic (exact) mass is 399 g/mol. The van der Waals surface area contributed by atoms with Gasteiger partial charge in [0.25, 0.3) is 0 Å². The number of benzene rings is 2. The van der Waals surface area contributed by atoms with Crippen LogP contribution in [-0.4, -0.2) is 48.5 Å². The number of hydrogen-bond acceptors (Lipinski definition) is 4. The Balaban J connectivity index is 1.78. The number of urea groups is 1. The molecule has 1 saturated heterocycles. The molecule has 2 aromatic carbocycles. The van der Waals surface area contributed by atoms with Gasteiger partial charge >= 0.3 is 6.03 Å². The predicted molar refractivity (Wildman–Crippen MR) is 104 cm³/mol. The van der Waals surface area contributed by atoms with Gasteiger partial charge in [0.1, 0.15) is 5.82 Å². The molecule has 2 aromatic rings. The highest BCUT2D eigenvalue weighted by Crippen LogP contribution is 2.32. The molecule has 1 N–H and O–H groups in total. The number of ether oxygens (including phenoxy) is 1. The van der Waals surface area contributed by atoms with Crippen LogP contribution >= 0.6 is 0 Å². The molecule has 1 unspecified atom stereocenters. The van der Waals surface area contributed by atoms with Crippen LogP contribution in [0, 0.1) is 18.6 Å². The summed E-state index contributed by atoms with van der Waals surface area (Å²) in [5.74, 6) is -0.0829. The first kappa shape index (κ1) is 18.9. The topological polar surface area (TPSA) is 69.5 Å². The fourth-order valence-corrected chi connectivity index (χ4v) is 3.37. The first-order valence-corrected chi connectivity index (χ1v) is 8.96. The van der Waals surface area contributed by atoms with Crippen molar-refractivity contribution in [3.63, 3.8) is 0 Å². The van der Waals surface area contributed by atoms with Gasteiger partial charge < -0.3 is 4.74 Å². The minimum atomic E-state index is -0.515. The summed E-state index contributed by atoms with van der Waals surface area (Å²) in [7, 11) is 2.99. The van der Waals surface area contributed by atoms with Crippen LogP contribution in [0.2, 0.25) is 0 Å². The molecule has 0 aliphatic carbocycles. The fourth-order valence-electron chi connectivity index (χ4n) is 3.37. The van der Waals surface area contributed by atoms with Crippen molar-refractivity contribution in [2.24, 2.45) is 9.98 Å². The van der Waals surface area contributed by atoms with E-state index in [-0.39, 0.29) is 23.6 Å². The number of fused-ring (bicyclic) bond motifs is 1. The van der Waals surface area contributed by atoms with Gasteiger partial charge in [0.05, 0.1) is 25.4 Å². The number of carbonyl (C=O) groups is 1. The van der Waals surface area contributed by atoms with Gasteiger partial charge in [-0.1, -0.05) is 12.1 Å². The molecule has 4 rings (SSSR count). The average Bonchev–Trinajstić information content (AvgIpc) is 3.16. The highest BCUT2D eigenvalue weighted by Gasteiger charge is 2.41. The number of halogens is 2. The first-order valence-electron chi connectivity index (χ1n) is 8.96. The van der Waals surface area contributed by atoms with Gasteiger partial charge in [-0.15, -0.1) is 0 Å². The van der Waals surface area contributed by atoms with Crippen LogP contribution < -0.4 is 10.1 Å². The third-order valence-corrected chi connectivity index (χ3v) is 5.01. The van der Waals surface area contributed by atoms with Gasteiger partial charge in [0, 0.05) is 12.6 Å². The van der Waals surface area contributed by atoms with E-state index in [0.717, 1.165) is 5.56 Å². The summed E-state index contributed by atoms with van der Waals surface area (Å²) in [5, 5.41) is 2.73. The molecule has 0 radical (unpaired) electrons. The van der Waals surface area contributed by atoms with Crippen molar-refractivity contribution in [1.82, 2.24) is 15.1 Å². The number of hydrogen-bond donors (Lipinski definition) is 1. The van der Waals surface area contributed by atoms with Crippen molar-refractivity contribution in [2.45, 2.75) is 13.0 Å². The molecule has 29 heavy (non-hydrogen) atoms. The van der Waals surface area contributed by atoms with E-state index in [2.05, 4.69) is 15.3 Å². The molecule has 7 nitrogen and oxygen atoms in total. The van der Waals surface area contributed by atoms with E-state index in [9.17, 15) is 13.6 Å². The number of guanidine groups is 2. The molecule has 9 heteroatoms. The Morgan fingerprint density at radius 3 is 2.62 bits per heavy atom. The third-order valence-electron chi connectivity index (χ3n) is 5.01. The minimum absolute atomic E-state index is 0.117. The molecule has 0 saturated carbocycles. The molecule has 1 atom stereocenters. The van der Waals surface area contributed by atoms with Gasteiger partial charge in [-0.3, -0.25) is 15.1 Å². The maximum atomic E-state index is 14.4. The minimum Gasteiger partial charge on any atom is -0.494 e. The second-order valence-electron chi connectivity index (χ2n) is 6.73. The lowest BCUT2D eigenvalue weighted by molar-refractivity contribution is 0.222. The summed E-state index contributed by atoms with van der Waals surface area (Å²) in [5.41, 5.74) is 1.47. The second-order valence-corrected chi connectivity index (χ2v) is 6.73. The van der Waals surface area contributed by atoms with Gasteiger partial charge in [-0.05, 0) is 36.8 Å². The lowest BCUT2D eigenvalue weighted by Gasteiger charge is -2.36. The Bertz CT molecular complexity index is 1040. The van der Waals surface area contributed by atoms with Crippen LogP contribution in [0.25, 0.3) is 0 Å². The largest absolute Gasteiger partial charge is 0.494 e. The SMILES string of the molecule is COc1ccc(N=C2NC(=O)N(C)C3=NCC(c4ccc(F)cc4)N23)c(C)c1F. The van der Waals surface area contributed by atoms with Gasteiger partial charge in [-0.25, -0.2) is 23.6 Å². The quantitative estimate of drug-likeness (QED) is 0.861. The highest BCUT2D eigenvalue weighted by atomic mass is 19.1. The number of nitrogens with zero attached hydrogens (tertiary/aromatic N) is 4. The van der Waals surface area contributed by atoms with Crippen molar-refractivity contribution in [3.8, 4) is 5.75 Å². The van der Waals surface area contributed by atoms with E-state index in [4.69, 9.17) is 4.74 Å². The molecular weight excluding hydrogens is 380 g/mol. The van der Waals surface area contributed by atoms with Crippen molar-refractivity contribution in [1.29, 1.82) is 0 Å². The third kappa shape index (κ3) is 3.18. The second kappa shape index (κ2) is 7.16. The van der Waals surface area contributed by atoms with Crippen LogP contribution in [0.15, 0.2) is 46.4 Å². The molecule has 0 bridgehead atoms. The number of nitrogens with one attached hydrogen (secondary N) is 1. The summed E-state index contributed by atoms with van der Waals surface area (Å²) >= 11 is 0. The number of methoxy groups -OCH3 is 1. The van der Waals surface area contributed by atoms with Crippen LogP contribution in [0.5, 0.6) is 5.75 Å². The average molecular weight is 399 g/mol. The maximum absolute atomic E-state index is 14.4. The highest BCUT2D eigenvalue weighted by molar-refractivity contribution is 6.16. The van der Waals surface area contributed by atoms with Crippen molar-refractivity contribution in [3.05, 3.63) is 59.2 Å². The number of rotatable bonds is 3. The molecule has 0 aromatic heterocycles. The molecule has 2 heterocycles. The van der Waals surface area contributed by atoms with E-state index in [0.29, 0.717) is 23.8 Å². The Morgan fingerprint density at radius 1 is 1.21 bits per heavy atom. The Labute approximate surface area is 166 Å². The molecular formula is C20H19F2N5O2. The van der Waals surface area contributed by atoms with Crippen LogP contribution in [0.4, 0.5) is 19.3 Å². The van der Waals surface area contributed by atoms with Crippen molar-refractivity contribution < 1.29 is 18.3 Å². The van der Waals surface area contributed by atoms with Crippen LogP contribution in [-0.2, 0) is 0 Å². The van der Waals surface area contributed by atoms with Gasteiger partial charge in [0.2, 0.25) is 11.9 Å². The molecule has 150 valence electrons. The number of carbonyl (C=O) groups excluding carboxylic acids is 1. The number of amides is 2. The molecule has 2 aliphatic heterocycles. The Hall–Kier alpha value is -3.49. The lowest BCUT2D eigenvalue weighted by Crippen LogP contribution is -2.61. The first-order chi connectivity index (χ1) is 13.9. The van der Waals surface area contributed by atoms with E-state index in [1.54, 1.807) is 37.1 Å². The van der Waals surface area contributed by atoms with Gasteiger partial charge in [0.15, 0.2) is 11.6 Å². The normalized spacial score (nSPS) is 19.9. The van der Waals surface area contributed by atoms with E-state index in [1.165, 1.54) is 30.2 Å². The molecule has 2 aliphatic rings. The summed E-state index contributed by atoms with van der Waals surface area (Å²) in [6.07, 6.45) is 0. The van der Waals surface area contributed by atoms with Crippen LogP contribution in [0.3, 0.4) is 0 Å². The van der Waals surface area contributed by atoms with Gasteiger partial charge in [-0.2, -0.15) is 0 Å².